The highest BCUT2D eigenvalue weighted by Gasteiger charge is 2.46. The Balaban J connectivity index is 1.63. The topological polar surface area (TPSA) is 101 Å². The number of halogens is 5. The van der Waals surface area contributed by atoms with Gasteiger partial charge >= 0.3 is 0 Å². The lowest BCUT2D eigenvalue weighted by Crippen LogP contribution is -2.55. The number of aliphatic hydroxyl groups is 3. The van der Waals surface area contributed by atoms with Crippen LogP contribution in [-0.2, 0) is 4.74 Å². The second-order valence-electron chi connectivity index (χ2n) is 7.23. The van der Waals surface area contributed by atoms with Crippen molar-refractivity contribution in [2.24, 2.45) is 0 Å². The van der Waals surface area contributed by atoms with Crippen LogP contribution in [0.4, 0.5) is 17.6 Å². The van der Waals surface area contributed by atoms with E-state index in [0.29, 0.717) is 4.90 Å². The third-order valence-corrected chi connectivity index (χ3v) is 6.53. The molecule has 33 heavy (non-hydrogen) atoms. The number of rotatable bonds is 5. The van der Waals surface area contributed by atoms with Crippen LogP contribution in [0, 0.1) is 23.3 Å². The molecule has 3 aromatic rings. The van der Waals surface area contributed by atoms with Gasteiger partial charge in [-0.3, -0.25) is 0 Å². The van der Waals surface area contributed by atoms with E-state index in [1.54, 1.807) is 0 Å². The van der Waals surface area contributed by atoms with Crippen molar-refractivity contribution in [2.75, 3.05) is 6.61 Å². The quantitative estimate of drug-likeness (QED) is 0.362. The lowest BCUT2D eigenvalue weighted by atomic mass is 9.97. The van der Waals surface area contributed by atoms with Crippen molar-refractivity contribution >= 4 is 23.4 Å². The summed E-state index contributed by atoms with van der Waals surface area (Å²) in [7, 11) is 0. The van der Waals surface area contributed by atoms with Gasteiger partial charge in [-0.05, 0) is 30.3 Å². The maximum absolute atomic E-state index is 13.6. The first-order valence-electron chi connectivity index (χ1n) is 9.50. The van der Waals surface area contributed by atoms with E-state index in [2.05, 4.69) is 10.3 Å². The molecule has 176 valence electrons. The van der Waals surface area contributed by atoms with E-state index in [4.69, 9.17) is 16.3 Å². The predicted octanol–water partition coefficient (Wildman–Crippen LogP) is 2.93. The van der Waals surface area contributed by atoms with Gasteiger partial charge < -0.3 is 20.1 Å². The Kier molecular flexibility index (Phi) is 6.93. The average Bonchev–Trinajstić information content (AvgIpc) is 3.26. The monoisotopic (exact) mass is 505 g/mol. The van der Waals surface area contributed by atoms with Crippen molar-refractivity contribution in [1.82, 2.24) is 15.0 Å². The van der Waals surface area contributed by atoms with E-state index in [1.807, 2.05) is 0 Å². The van der Waals surface area contributed by atoms with Crippen molar-refractivity contribution in [3.05, 3.63) is 64.8 Å². The summed E-state index contributed by atoms with van der Waals surface area (Å²) < 4.78 is 60.5. The van der Waals surface area contributed by atoms with E-state index < -0.39 is 59.7 Å². The number of ether oxygens (including phenoxy) is 1. The molecule has 0 radical (unpaired) electrons. The number of thioether (sulfide) groups is 1. The molecule has 7 nitrogen and oxygen atoms in total. The minimum atomic E-state index is -1.63. The van der Waals surface area contributed by atoms with Gasteiger partial charge in [-0.25, -0.2) is 22.2 Å². The highest BCUT2D eigenvalue weighted by Crippen LogP contribution is 2.39. The molecule has 4 rings (SSSR count). The van der Waals surface area contributed by atoms with Gasteiger partial charge in [0.05, 0.1) is 17.8 Å². The van der Waals surface area contributed by atoms with Crippen LogP contribution in [0.1, 0.15) is 6.04 Å². The maximum Gasteiger partial charge on any atom is 0.194 e. The van der Waals surface area contributed by atoms with Crippen LogP contribution in [0.25, 0.3) is 11.3 Å². The van der Waals surface area contributed by atoms with Gasteiger partial charge in [-0.1, -0.05) is 28.6 Å². The Bertz CT molecular complexity index is 1150. The van der Waals surface area contributed by atoms with Crippen LogP contribution in [0.3, 0.4) is 0 Å². The summed E-state index contributed by atoms with van der Waals surface area (Å²) >= 11 is 6.77. The zero-order valence-corrected chi connectivity index (χ0v) is 18.0. The number of aliphatic hydroxyl groups excluding tert-OH is 3. The molecule has 5 atom stereocenters. The average molecular weight is 506 g/mol. The van der Waals surface area contributed by atoms with Gasteiger partial charge in [0.25, 0.3) is 0 Å². The first-order chi connectivity index (χ1) is 15.7. The fraction of sp³-hybridized carbons (Fsp3) is 0.300. The van der Waals surface area contributed by atoms with Gasteiger partial charge in [0, 0.05) is 10.5 Å². The second kappa shape index (κ2) is 9.57. The Hall–Kier alpha value is -2.22. The molecular weight excluding hydrogens is 490 g/mol. The number of hydrogen-bond donors (Lipinski definition) is 3. The number of benzene rings is 2. The molecule has 0 amide bonds. The van der Waals surface area contributed by atoms with Crippen molar-refractivity contribution in [1.29, 1.82) is 0 Å². The Morgan fingerprint density at radius 1 is 1.03 bits per heavy atom. The lowest BCUT2D eigenvalue weighted by Gasteiger charge is -2.41. The molecule has 1 saturated heterocycles. The summed E-state index contributed by atoms with van der Waals surface area (Å²) in [6.45, 7) is -0.596. The van der Waals surface area contributed by atoms with Crippen LogP contribution < -0.4 is 0 Å². The minimum absolute atomic E-state index is 0.0474. The van der Waals surface area contributed by atoms with Crippen LogP contribution >= 0.6 is 23.4 Å². The van der Waals surface area contributed by atoms with Crippen LogP contribution in [0.15, 0.2) is 41.4 Å². The number of hydrogen-bond acceptors (Lipinski definition) is 7. The van der Waals surface area contributed by atoms with Gasteiger partial charge in [0.1, 0.15) is 41.3 Å². The summed E-state index contributed by atoms with van der Waals surface area (Å²) in [6, 6.07) is 4.17. The van der Waals surface area contributed by atoms with Crippen molar-refractivity contribution in [3.63, 3.8) is 0 Å². The highest BCUT2D eigenvalue weighted by molar-refractivity contribution is 7.99. The summed E-state index contributed by atoms with van der Waals surface area (Å²) in [5.74, 6) is -5.09. The third-order valence-electron chi connectivity index (χ3n) is 5.09. The number of aromatic nitrogens is 3. The molecule has 0 saturated carbocycles. The molecular formula is C20H16ClF4N3O4S. The molecule has 0 spiro atoms. The van der Waals surface area contributed by atoms with Crippen molar-refractivity contribution in [3.8, 4) is 11.3 Å². The summed E-state index contributed by atoms with van der Waals surface area (Å²) in [6.07, 6.45) is -2.76. The van der Waals surface area contributed by atoms with Crippen LogP contribution in [0.2, 0.25) is 5.02 Å². The van der Waals surface area contributed by atoms with E-state index in [1.165, 1.54) is 18.3 Å². The first kappa shape index (κ1) is 23.9. The summed E-state index contributed by atoms with van der Waals surface area (Å²) in [4.78, 5) is 0.453. The molecule has 2 heterocycles. The summed E-state index contributed by atoms with van der Waals surface area (Å²) in [5.41, 5.74) is -1.20. The van der Waals surface area contributed by atoms with E-state index in [9.17, 15) is 32.9 Å². The Labute approximate surface area is 193 Å². The minimum Gasteiger partial charge on any atom is -0.394 e. The zero-order chi connectivity index (χ0) is 23.9. The van der Waals surface area contributed by atoms with E-state index in [0.717, 1.165) is 34.6 Å². The Morgan fingerprint density at radius 2 is 1.73 bits per heavy atom. The fourth-order valence-electron chi connectivity index (χ4n) is 3.42. The molecule has 1 aliphatic rings. The normalized spacial score (nSPS) is 25.4. The van der Waals surface area contributed by atoms with Gasteiger partial charge in [0.2, 0.25) is 0 Å². The SMILES string of the molecule is OCC1O[C@H](Sc2ccc(F)c(Cl)c2)C(O)C(n2cc(-c3cc(F)c(F)c(F)c3)nn2)[C@H]1O. The molecule has 13 heteroatoms. The zero-order valence-electron chi connectivity index (χ0n) is 16.4. The molecule has 1 fully saturated rings. The van der Waals surface area contributed by atoms with Gasteiger partial charge in [-0.15, -0.1) is 5.10 Å². The van der Waals surface area contributed by atoms with E-state index >= 15 is 0 Å². The first-order valence-corrected chi connectivity index (χ1v) is 10.8. The molecule has 0 aliphatic carbocycles. The molecule has 1 aromatic heterocycles. The fourth-order valence-corrected chi connectivity index (χ4v) is 4.76. The highest BCUT2D eigenvalue weighted by atomic mass is 35.5. The maximum atomic E-state index is 13.6. The largest absolute Gasteiger partial charge is 0.394 e. The predicted molar refractivity (Wildman–Crippen MR) is 109 cm³/mol. The second-order valence-corrected chi connectivity index (χ2v) is 8.81. The van der Waals surface area contributed by atoms with Gasteiger partial charge in [-0.2, -0.15) is 0 Å². The molecule has 0 bridgehead atoms. The molecule has 2 aromatic carbocycles. The van der Waals surface area contributed by atoms with Crippen molar-refractivity contribution < 1.29 is 37.6 Å². The standard InChI is InChI=1S/C20H16ClF4N3O4S/c21-10-5-9(1-2-11(10)22)33-20-19(31)17(18(30)15(7-29)32-20)28-6-14(26-27-28)8-3-12(23)16(25)13(24)4-8/h1-6,15,17-20,29-31H,7H2/t15?,17?,18-,19?,20+/m0/s1. The Morgan fingerprint density at radius 3 is 2.36 bits per heavy atom. The van der Waals surface area contributed by atoms with Gasteiger partial charge in [0.15, 0.2) is 17.5 Å². The van der Waals surface area contributed by atoms with Crippen LogP contribution in [-0.4, -0.2) is 60.7 Å². The lowest BCUT2D eigenvalue weighted by molar-refractivity contribution is -0.178. The molecule has 3 N–H and O–H groups in total. The van der Waals surface area contributed by atoms with Crippen molar-refractivity contribution in [2.45, 2.75) is 34.7 Å². The third kappa shape index (κ3) is 4.72. The summed E-state index contributed by atoms with van der Waals surface area (Å²) in [5, 5.41) is 38.7. The number of nitrogens with zero attached hydrogens (tertiary/aromatic N) is 3. The smallest absolute Gasteiger partial charge is 0.194 e. The van der Waals surface area contributed by atoms with Crippen LogP contribution in [0.5, 0.6) is 0 Å². The van der Waals surface area contributed by atoms with E-state index in [-0.39, 0.29) is 16.3 Å². The molecule has 1 aliphatic heterocycles. The molecule has 3 unspecified atom stereocenters.